The van der Waals surface area contributed by atoms with Crippen LogP contribution >= 0.6 is 0 Å². The number of hydrogen-bond acceptors (Lipinski definition) is 4. The van der Waals surface area contributed by atoms with Crippen molar-refractivity contribution in [3.8, 4) is 0 Å². The first-order valence-corrected chi connectivity index (χ1v) is 5.29. The number of hydrogen-bond donors (Lipinski definition) is 1. The molecule has 0 aliphatic carbocycles. The molecule has 1 N–H and O–H groups in total. The van der Waals surface area contributed by atoms with Gasteiger partial charge in [-0.15, -0.1) is 0 Å². The molecule has 2 rings (SSSR count). The molecule has 2 aliphatic rings. The zero-order chi connectivity index (χ0) is 10.1. The summed E-state index contributed by atoms with van der Waals surface area (Å²) in [6, 6.07) is 0. The van der Waals surface area contributed by atoms with E-state index in [0.717, 1.165) is 19.5 Å². The summed E-state index contributed by atoms with van der Waals surface area (Å²) in [5.74, 6) is -0.286. The van der Waals surface area contributed by atoms with Crippen molar-refractivity contribution in [2.24, 2.45) is 11.8 Å². The normalized spacial score (nSPS) is 41.0. The fraction of sp³-hybridized carbons (Fsp3) is 0.900. The number of rotatable bonds is 2. The van der Waals surface area contributed by atoms with Crippen LogP contribution < -0.4 is 0 Å². The first-order valence-electron chi connectivity index (χ1n) is 5.29. The van der Waals surface area contributed by atoms with E-state index >= 15 is 0 Å². The molecule has 4 atom stereocenters. The molecule has 0 aromatic carbocycles. The molecule has 0 spiro atoms. The van der Waals surface area contributed by atoms with Gasteiger partial charge in [0.05, 0.1) is 18.6 Å². The average molecular weight is 199 g/mol. The predicted octanol–water partition coefficient (Wildman–Crippen LogP) is -0.138. The molecule has 4 unspecified atom stereocenters. The minimum atomic E-state index is -0.493. The van der Waals surface area contributed by atoms with Crippen molar-refractivity contribution in [1.82, 2.24) is 4.90 Å². The Kier molecular flexibility index (Phi) is 2.74. The standard InChI is InChI=1S/C10H17NO3/c1-2-14-10(13)8-6-11-4-3-7(5-11)9(8)12/h7-9,12H,2-6H2,1H3. The fourth-order valence-corrected chi connectivity index (χ4v) is 2.49. The number of piperidine rings is 1. The quantitative estimate of drug-likeness (QED) is 0.629. The van der Waals surface area contributed by atoms with Crippen LogP contribution in [0.2, 0.25) is 0 Å². The van der Waals surface area contributed by atoms with Crippen molar-refractivity contribution >= 4 is 5.97 Å². The average Bonchev–Trinajstić information content (AvgIpc) is 2.56. The molecule has 0 radical (unpaired) electrons. The van der Waals surface area contributed by atoms with Crippen LogP contribution in [0.5, 0.6) is 0 Å². The first kappa shape index (κ1) is 9.93. The lowest BCUT2D eigenvalue weighted by Gasteiger charge is -2.33. The molecule has 2 saturated heterocycles. The topological polar surface area (TPSA) is 49.8 Å². The van der Waals surface area contributed by atoms with Crippen LogP contribution in [0.3, 0.4) is 0 Å². The Morgan fingerprint density at radius 1 is 1.57 bits per heavy atom. The minimum Gasteiger partial charge on any atom is -0.466 e. The van der Waals surface area contributed by atoms with Crippen LogP contribution in [-0.2, 0) is 9.53 Å². The summed E-state index contributed by atoms with van der Waals surface area (Å²) in [6.45, 7) is 4.81. The van der Waals surface area contributed by atoms with E-state index in [1.54, 1.807) is 6.92 Å². The summed E-state index contributed by atoms with van der Waals surface area (Å²) >= 11 is 0. The van der Waals surface area contributed by atoms with Crippen molar-refractivity contribution in [2.45, 2.75) is 19.4 Å². The summed E-state index contributed by atoms with van der Waals surface area (Å²) in [5, 5.41) is 9.92. The van der Waals surface area contributed by atoms with Gasteiger partial charge in [0.25, 0.3) is 0 Å². The monoisotopic (exact) mass is 199 g/mol. The Morgan fingerprint density at radius 2 is 2.36 bits per heavy atom. The molecule has 0 saturated carbocycles. The number of fused-ring (bicyclic) bond motifs is 2. The third kappa shape index (κ3) is 1.64. The highest BCUT2D eigenvalue weighted by molar-refractivity contribution is 5.73. The lowest BCUT2D eigenvalue weighted by Crippen LogP contribution is -2.47. The number of aliphatic hydroxyl groups excluding tert-OH is 1. The minimum absolute atomic E-state index is 0.239. The molecule has 2 heterocycles. The zero-order valence-electron chi connectivity index (χ0n) is 8.48. The third-order valence-electron chi connectivity index (χ3n) is 3.25. The van der Waals surface area contributed by atoms with Crippen LogP contribution in [0, 0.1) is 11.8 Å². The predicted molar refractivity (Wildman–Crippen MR) is 50.7 cm³/mol. The molecule has 0 aromatic heterocycles. The van der Waals surface area contributed by atoms with Crippen molar-refractivity contribution in [3.05, 3.63) is 0 Å². The van der Waals surface area contributed by atoms with Crippen LogP contribution in [-0.4, -0.2) is 48.3 Å². The molecule has 0 amide bonds. The molecule has 0 aromatic rings. The molecule has 14 heavy (non-hydrogen) atoms. The number of aliphatic hydroxyl groups is 1. The van der Waals surface area contributed by atoms with E-state index in [1.165, 1.54) is 0 Å². The Hall–Kier alpha value is -0.610. The summed E-state index contributed by atoms with van der Waals surface area (Å²) in [4.78, 5) is 13.8. The SMILES string of the molecule is CCOC(=O)C1CN2CCC(C2)C1O. The Bertz CT molecular complexity index is 231. The third-order valence-corrected chi connectivity index (χ3v) is 3.25. The summed E-state index contributed by atoms with van der Waals surface area (Å²) < 4.78 is 4.95. The highest BCUT2D eigenvalue weighted by Crippen LogP contribution is 2.31. The molecule has 2 fully saturated rings. The largest absolute Gasteiger partial charge is 0.466 e. The second-order valence-electron chi connectivity index (χ2n) is 4.16. The lowest BCUT2D eigenvalue weighted by molar-refractivity contribution is -0.155. The van der Waals surface area contributed by atoms with E-state index in [2.05, 4.69) is 4.90 Å². The van der Waals surface area contributed by atoms with E-state index in [9.17, 15) is 9.90 Å². The molecule has 4 nitrogen and oxygen atoms in total. The summed E-state index contributed by atoms with van der Waals surface area (Å²) in [5.41, 5.74) is 0. The Balaban J connectivity index is 2.01. The van der Waals surface area contributed by atoms with Gasteiger partial charge in [0.1, 0.15) is 0 Å². The van der Waals surface area contributed by atoms with Crippen LogP contribution in [0.1, 0.15) is 13.3 Å². The highest BCUT2D eigenvalue weighted by Gasteiger charge is 2.43. The van der Waals surface area contributed by atoms with Crippen LogP contribution in [0.25, 0.3) is 0 Å². The Labute approximate surface area is 83.8 Å². The molecule has 4 heteroatoms. The van der Waals surface area contributed by atoms with Gasteiger partial charge in [-0.05, 0) is 25.8 Å². The lowest BCUT2D eigenvalue weighted by atomic mass is 9.88. The van der Waals surface area contributed by atoms with E-state index in [0.29, 0.717) is 13.2 Å². The number of ether oxygens (including phenoxy) is 1. The fourth-order valence-electron chi connectivity index (χ4n) is 2.49. The number of carbonyl (C=O) groups is 1. The van der Waals surface area contributed by atoms with Crippen molar-refractivity contribution in [2.75, 3.05) is 26.2 Å². The van der Waals surface area contributed by atoms with Gasteiger partial charge in [0, 0.05) is 13.1 Å². The van der Waals surface area contributed by atoms with Crippen molar-refractivity contribution < 1.29 is 14.6 Å². The van der Waals surface area contributed by atoms with Crippen molar-refractivity contribution in [1.29, 1.82) is 0 Å². The summed E-state index contributed by atoms with van der Waals surface area (Å²) in [7, 11) is 0. The number of esters is 1. The van der Waals surface area contributed by atoms with Gasteiger partial charge < -0.3 is 14.7 Å². The van der Waals surface area contributed by atoms with E-state index in [4.69, 9.17) is 4.74 Å². The van der Waals surface area contributed by atoms with Gasteiger partial charge >= 0.3 is 5.97 Å². The smallest absolute Gasteiger partial charge is 0.312 e. The highest BCUT2D eigenvalue weighted by atomic mass is 16.5. The molecule has 80 valence electrons. The van der Waals surface area contributed by atoms with Gasteiger partial charge in [0.2, 0.25) is 0 Å². The summed E-state index contributed by atoms with van der Waals surface area (Å²) in [6.07, 6.45) is 0.518. The van der Waals surface area contributed by atoms with E-state index in [1.807, 2.05) is 0 Å². The second kappa shape index (κ2) is 3.87. The Morgan fingerprint density at radius 3 is 3.07 bits per heavy atom. The molecule has 2 aliphatic heterocycles. The van der Waals surface area contributed by atoms with Crippen molar-refractivity contribution in [3.63, 3.8) is 0 Å². The number of carbonyl (C=O) groups excluding carboxylic acids is 1. The molecular formula is C10H17NO3. The maximum atomic E-state index is 11.5. The first-order chi connectivity index (χ1) is 6.72. The van der Waals surface area contributed by atoms with Gasteiger partial charge in [0.15, 0.2) is 0 Å². The maximum Gasteiger partial charge on any atom is 0.312 e. The van der Waals surface area contributed by atoms with Crippen LogP contribution in [0.4, 0.5) is 0 Å². The number of nitrogens with zero attached hydrogens (tertiary/aromatic N) is 1. The van der Waals surface area contributed by atoms with Gasteiger partial charge in [-0.1, -0.05) is 0 Å². The van der Waals surface area contributed by atoms with Gasteiger partial charge in [-0.3, -0.25) is 4.79 Å². The van der Waals surface area contributed by atoms with Gasteiger partial charge in [-0.25, -0.2) is 0 Å². The van der Waals surface area contributed by atoms with Gasteiger partial charge in [-0.2, -0.15) is 0 Å². The maximum absolute atomic E-state index is 11.5. The van der Waals surface area contributed by atoms with E-state index in [-0.39, 0.29) is 17.8 Å². The second-order valence-corrected chi connectivity index (χ2v) is 4.16. The van der Waals surface area contributed by atoms with E-state index < -0.39 is 6.10 Å². The zero-order valence-corrected chi connectivity index (χ0v) is 8.48. The molecular weight excluding hydrogens is 182 g/mol. The molecule has 2 bridgehead atoms. The van der Waals surface area contributed by atoms with Crippen LogP contribution in [0.15, 0.2) is 0 Å².